The molecule has 0 aromatic heterocycles. The molecule has 1 aromatic carbocycles. The molecular weight excluding hydrogens is 364 g/mol. The minimum absolute atomic E-state index is 0.0699. The summed E-state index contributed by atoms with van der Waals surface area (Å²) in [5.74, 6) is -0.454. The van der Waals surface area contributed by atoms with Crippen LogP contribution in [0.15, 0.2) is 29.4 Å². The van der Waals surface area contributed by atoms with Gasteiger partial charge in [0.1, 0.15) is 0 Å². The molecule has 6 heteroatoms. The second kappa shape index (κ2) is 6.62. The molecule has 27 heavy (non-hydrogen) atoms. The van der Waals surface area contributed by atoms with Gasteiger partial charge in [-0.05, 0) is 56.4 Å². The van der Waals surface area contributed by atoms with Crippen LogP contribution in [0.2, 0.25) is 5.02 Å². The highest BCUT2D eigenvalue weighted by atomic mass is 35.5. The van der Waals surface area contributed by atoms with E-state index in [1.54, 1.807) is 24.3 Å². The van der Waals surface area contributed by atoms with E-state index in [0.717, 1.165) is 18.6 Å². The summed E-state index contributed by atoms with van der Waals surface area (Å²) in [6, 6.07) is 6.57. The van der Waals surface area contributed by atoms with Gasteiger partial charge in [0.2, 0.25) is 5.91 Å². The normalized spacial score (nSPS) is 30.0. The molecule has 2 bridgehead atoms. The number of rotatable bonds is 4. The van der Waals surface area contributed by atoms with Gasteiger partial charge >= 0.3 is 5.97 Å². The second-order valence-electron chi connectivity index (χ2n) is 8.77. The standard InChI is InChI=1S/C21H27ClN2O3/c1-13(2)23-18(26)21-11-10-20(5,19(21,3)4)16(12-21)24-27-17(25)14-6-8-15(22)9-7-14/h6-9,13H,10-12H2,1-5H3,(H,23,26)/b24-16-. The van der Waals surface area contributed by atoms with Gasteiger partial charge in [-0.3, -0.25) is 4.79 Å². The van der Waals surface area contributed by atoms with E-state index in [1.807, 2.05) is 13.8 Å². The van der Waals surface area contributed by atoms with Crippen LogP contribution in [-0.4, -0.2) is 23.6 Å². The smallest absolute Gasteiger partial charge is 0.353 e. The van der Waals surface area contributed by atoms with E-state index in [1.165, 1.54) is 0 Å². The number of nitrogens with zero attached hydrogens (tertiary/aromatic N) is 1. The number of nitrogens with one attached hydrogen (secondary N) is 1. The van der Waals surface area contributed by atoms with Crippen LogP contribution < -0.4 is 5.32 Å². The van der Waals surface area contributed by atoms with Crippen LogP contribution in [0, 0.1) is 16.2 Å². The highest BCUT2D eigenvalue weighted by Crippen LogP contribution is 2.71. The Morgan fingerprint density at radius 1 is 1.15 bits per heavy atom. The van der Waals surface area contributed by atoms with E-state index in [0.29, 0.717) is 17.0 Å². The molecule has 5 nitrogen and oxygen atoms in total. The predicted octanol–water partition coefficient (Wildman–Crippen LogP) is 4.59. The summed E-state index contributed by atoms with van der Waals surface area (Å²) in [6.45, 7) is 10.3. The minimum atomic E-state index is -0.524. The summed E-state index contributed by atoms with van der Waals surface area (Å²) in [7, 11) is 0. The largest absolute Gasteiger partial charge is 0.365 e. The second-order valence-corrected chi connectivity index (χ2v) is 9.20. The Balaban J connectivity index is 1.85. The van der Waals surface area contributed by atoms with E-state index >= 15 is 0 Å². The van der Waals surface area contributed by atoms with Crippen LogP contribution in [0.25, 0.3) is 0 Å². The molecule has 0 saturated heterocycles. The zero-order valence-corrected chi connectivity index (χ0v) is 17.3. The first kappa shape index (κ1) is 19.9. The first-order valence-electron chi connectivity index (χ1n) is 9.39. The monoisotopic (exact) mass is 390 g/mol. The molecule has 0 aliphatic heterocycles. The van der Waals surface area contributed by atoms with Crippen LogP contribution >= 0.6 is 11.6 Å². The Hall–Kier alpha value is -1.88. The Morgan fingerprint density at radius 3 is 2.37 bits per heavy atom. The fourth-order valence-electron chi connectivity index (χ4n) is 4.66. The van der Waals surface area contributed by atoms with E-state index in [-0.39, 0.29) is 22.8 Å². The molecule has 0 radical (unpaired) electrons. The van der Waals surface area contributed by atoms with Crippen molar-refractivity contribution in [1.82, 2.24) is 5.32 Å². The van der Waals surface area contributed by atoms with Gasteiger partial charge < -0.3 is 10.2 Å². The molecule has 2 unspecified atom stereocenters. The zero-order valence-electron chi connectivity index (χ0n) is 16.6. The van der Waals surface area contributed by atoms with Crippen LogP contribution in [0.3, 0.4) is 0 Å². The SMILES string of the molecule is CC(C)NC(=O)C12CCC(C)(/C(=N\OC(=O)c3ccc(Cl)cc3)C1)C2(C)C. The zero-order chi connectivity index (χ0) is 20.0. The Bertz CT molecular complexity index is 800. The molecule has 3 rings (SSSR count). The van der Waals surface area contributed by atoms with Crippen molar-refractivity contribution in [2.24, 2.45) is 21.4 Å². The maximum atomic E-state index is 13.0. The lowest BCUT2D eigenvalue weighted by molar-refractivity contribution is -0.136. The number of fused-ring (bicyclic) bond motifs is 2. The lowest BCUT2D eigenvalue weighted by atomic mass is 9.64. The summed E-state index contributed by atoms with van der Waals surface area (Å²) < 4.78 is 0. The van der Waals surface area contributed by atoms with Crippen molar-refractivity contribution < 1.29 is 14.4 Å². The molecule has 1 N–H and O–H groups in total. The summed E-state index contributed by atoms with van der Waals surface area (Å²) in [4.78, 5) is 30.6. The van der Waals surface area contributed by atoms with Gasteiger partial charge in [0.15, 0.2) is 0 Å². The van der Waals surface area contributed by atoms with Gasteiger partial charge in [-0.25, -0.2) is 4.79 Å². The average molecular weight is 391 g/mol. The number of oxime groups is 1. The highest BCUT2D eigenvalue weighted by molar-refractivity contribution is 6.30. The van der Waals surface area contributed by atoms with E-state index < -0.39 is 11.4 Å². The molecule has 2 aliphatic rings. The molecule has 1 aromatic rings. The molecular formula is C21H27ClN2O3. The lowest BCUT2D eigenvalue weighted by Gasteiger charge is -2.39. The maximum absolute atomic E-state index is 13.0. The van der Waals surface area contributed by atoms with Crippen molar-refractivity contribution in [2.75, 3.05) is 0 Å². The Kier molecular flexibility index (Phi) is 4.87. The summed E-state index contributed by atoms with van der Waals surface area (Å²) in [5.41, 5.74) is 0.118. The van der Waals surface area contributed by atoms with Crippen LogP contribution in [0.5, 0.6) is 0 Å². The number of halogens is 1. The predicted molar refractivity (Wildman–Crippen MR) is 106 cm³/mol. The van der Waals surface area contributed by atoms with Crippen molar-refractivity contribution in [3.05, 3.63) is 34.9 Å². The average Bonchev–Trinajstić information content (AvgIpc) is 2.90. The van der Waals surface area contributed by atoms with Gasteiger partial charge in [-0.15, -0.1) is 0 Å². The van der Waals surface area contributed by atoms with Gasteiger partial charge in [-0.1, -0.05) is 37.5 Å². The summed E-state index contributed by atoms with van der Waals surface area (Å²) in [6.07, 6.45) is 2.19. The third-order valence-electron chi connectivity index (χ3n) is 6.91. The number of carbonyl (C=O) groups is 2. The van der Waals surface area contributed by atoms with Crippen LogP contribution in [-0.2, 0) is 9.63 Å². The highest BCUT2D eigenvalue weighted by Gasteiger charge is 2.71. The van der Waals surface area contributed by atoms with Gasteiger partial charge in [0.05, 0.1) is 16.7 Å². The molecule has 2 saturated carbocycles. The van der Waals surface area contributed by atoms with Gasteiger partial charge in [-0.2, -0.15) is 0 Å². The minimum Gasteiger partial charge on any atom is -0.353 e. The van der Waals surface area contributed by atoms with Crippen molar-refractivity contribution in [2.45, 2.75) is 59.9 Å². The molecule has 0 heterocycles. The molecule has 1 amide bonds. The number of benzene rings is 1. The molecule has 0 spiro atoms. The van der Waals surface area contributed by atoms with Crippen LogP contribution in [0.4, 0.5) is 0 Å². The third kappa shape index (κ3) is 2.96. The number of hydrogen-bond acceptors (Lipinski definition) is 4. The molecule has 2 fully saturated rings. The molecule has 2 atom stereocenters. The van der Waals surface area contributed by atoms with Crippen molar-refractivity contribution in [3.63, 3.8) is 0 Å². The Labute approximate surface area is 165 Å². The van der Waals surface area contributed by atoms with Gasteiger partial charge in [0.25, 0.3) is 0 Å². The van der Waals surface area contributed by atoms with Crippen molar-refractivity contribution >= 4 is 29.2 Å². The van der Waals surface area contributed by atoms with E-state index in [4.69, 9.17) is 16.4 Å². The number of amides is 1. The maximum Gasteiger partial charge on any atom is 0.365 e. The van der Waals surface area contributed by atoms with Crippen molar-refractivity contribution in [3.8, 4) is 0 Å². The van der Waals surface area contributed by atoms with E-state index in [9.17, 15) is 9.59 Å². The fraction of sp³-hybridized carbons (Fsp3) is 0.571. The van der Waals surface area contributed by atoms with E-state index in [2.05, 4.69) is 31.2 Å². The molecule has 146 valence electrons. The quantitative estimate of drug-likeness (QED) is 0.603. The lowest BCUT2D eigenvalue weighted by Crippen LogP contribution is -2.48. The summed E-state index contributed by atoms with van der Waals surface area (Å²) >= 11 is 5.85. The number of hydrogen-bond donors (Lipinski definition) is 1. The third-order valence-corrected chi connectivity index (χ3v) is 7.16. The first-order chi connectivity index (χ1) is 12.5. The van der Waals surface area contributed by atoms with Crippen molar-refractivity contribution in [1.29, 1.82) is 0 Å². The molecule has 2 aliphatic carbocycles. The number of carbonyl (C=O) groups excluding carboxylic acids is 2. The van der Waals surface area contributed by atoms with Gasteiger partial charge in [0, 0.05) is 22.9 Å². The Morgan fingerprint density at radius 2 is 1.78 bits per heavy atom. The summed E-state index contributed by atoms with van der Waals surface area (Å²) in [5, 5.41) is 7.87. The first-order valence-corrected chi connectivity index (χ1v) is 9.76. The topological polar surface area (TPSA) is 67.8 Å². The fourth-order valence-corrected chi connectivity index (χ4v) is 4.78. The van der Waals surface area contributed by atoms with Crippen LogP contribution in [0.1, 0.15) is 64.2 Å².